The van der Waals surface area contributed by atoms with Crippen molar-refractivity contribution >= 4 is 54.3 Å². The van der Waals surface area contributed by atoms with Crippen molar-refractivity contribution in [2.75, 3.05) is 0 Å². The van der Waals surface area contributed by atoms with E-state index in [9.17, 15) is 61.3 Å². The molecular weight excluding hydrogens is 785 g/mol. The summed E-state index contributed by atoms with van der Waals surface area (Å²) in [6.07, 6.45) is 0. The van der Waals surface area contributed by atoms with Crippen molar-refractivity contribution in [3.05, 3.63) is 109 Å². The summed E-state index contributed by atoms with van der Waals surface area (Å²) in [5, 5.41) is 136. The first-order chi connectivity index (χ1) is 29.3. The van der Waals surface area contributed by atoms with Gasteiger partial charge < -0.3 is 65.7 Å². The molecule has 0 aliphatic heterocycles. The fourth-order valence-electron chi connectivity index (χ4n) is 8.71. The Kier molecular flexibility index (Phi) is 7.68. The van der Waals surface area contributed by atoms with Crippen LogP contribution in [0.1, 0.15) is 0 Å². The Bertz CT molecular complexity index is 3480. The van der Waals surface area contributed by atoms with Crippen LogP contribution in [0, 0.1) is 0 Å². The number of hydrogen-bond acceptors (Lipinski definition) is 13. The van der Waals surface area contributed by atoms with Gasteiger partial charge in [0.1, 0.15) is 5.75 Å². The summed E-state index contributed by atoms with van der Waals surface area (Å²) in [7, 11) is 0. The van der Waals surface area contributed by atoms with Crippen LogP contribution in [0.25, 0.3) is 98.8 Å². The van der Waals surface area contributed by atoms with Crippen LogP contribution in [-0.4, -0.2) is 61.3 Å². The maximum absolute atomic E-state index is 12.5. The van der Waals surface area contributed by atoms with E-state index in [4.69, 9.17) is 4.42 Å². The molecule has 13 heteroatoms. The molecule has 0 bridgehead atoms. The standard InChI is InChI=1S/C48H30O13/c49-35-25(19-11-3-1-4-12-19)26(20-13-5-2-6-14-20)36(50)38(52)31(35)28-23-17-9-7-15-21(23)27(22-16-8-10-18-24(22)28)29-30-33-41(55)39(53)32-34(42(56)44(58)43(57)40(32)54)47(33)61-48(30)46(60)45(59)37(29)51/h1-18,49-60H. The Morgan fingerprint density at radius 2 is 0.574 bits per heavy atom. The highest BCUT2D eigenvalue weighted by atomic mass is 16.4. The van der Waals surface area contributed by atoms with E-state index in [-0.39, 0.29) is 44.5 Å². The van der Waals surface area contributed by atoms with Crippen LogP contribution >= 0.6 is 0 Å². The highest BCUT2D eigenvalue weighted by Gasteiger charge is 2.35. The van der Waals surface area contributed by atoms with Crippen molar-refractivity contribution in [2.24, 2.45) is 0 Å². The summed E-state index contributed by atoms with van der Waals surface area (Å²) < 4.78 is 5.98. The Morgan fingerprint density at radius 1 is 0.230 bits per heavy atom. The van der Waals surface area contributed by atoms with Gasteiger partial charge in [-0.2, -0.15) is 0 Å². The summed E-state index contributed by atoms with van der Waals surface area (Å²) in [5.41, 5.74) is 0.283. The van der Waals surface area contributed by atoms with Crippen LogP contribution in [0.4, 0.5) is 0 Å². The third-order valence-electron chi connectivity index (χ3n) is 11.4. The van der Waals surface area contributed by atoms with Crippen molar-refractivity contribution < 1.29 is 65.7 Å². The summed E-state index contributed by atoms with van der Waals surface area (Å²) >= 11 is 0. The maximum atomic E-state index is 12.5. The van der Waals surface area contributed by atoms with Crippen molar-refractivity contribution in [1.82, 2.24) is 0 Å². The molecule has 61 heavy (non-hydrogen) atoms. The molecule has 0 aliphatic carbocycles. The van der Waals surface area contributed by atoms with Crippen molar-refractivity contribution in [2.45, 2.75) is 0 Å². The zero-order valence-corrected chi connectivity index (χ0v) is 31.2. The highest BCUT2D eigenvalue weighted by molar-refractivity contribution is 6.32. The quantitative estimate of drug-likeness (QED) is 0.0449. The maximum Gasteiger partial charge on any atom is 0.205 e. The van der Waals surface area contributed by atoms with E-state index < -0.39 is 90.6 Å². The zero-order valence-electron chi connectivity index (χ0n) is 31.2. The minimum absolute atomic E-state index is 0.140. The van der Waals surface area contributed by atoms with E-state index in [1.165, 1.54) is 0 Å². The summed E-state index contributed by atoms with van der Waals surface area (Å²) in [5.74, 6) is -11.3. The van der Waals surface area contributed by atoms with Crippen LogP contribution in [0.2, 0.25) is 0 Å². The highest BCUT2D eigenvalue weighted by Crippen LogP contribution is 2.63. The molecule has 0 saturated heterocycles. The van der Waals surface area contributed by atoms with Gasteiger partial charge in [0.25, 0.3) is 0 Å². The molecule has 12 N–H and O–H groups in total. The predicted molar refractivity (Wildman–Crippen MR) is 228 cm³/mol. The number of phenols is 12. The van der Waals surface area contributed by atoms with Crippen molar-refractivity contribution in [3.8, 4) is 114 Å². The molecule has 1 aromatic heterocycles. The van der Waals surface area contributed by atoms with Gasteiger partial charge in [-0.1, -0.05) is 109 Å². The lowest BCUT2D eigenvalue weighted by molar-refractivity contribution is 0.349. The first kappa shape index (κ1) is 36.5. The number of phenolic OH excluding ortho intramolecular Hbond substituents is 12. The molecule has 0 radical (unpaired) electrons. The van der Waals surface area contributed by atoms with Crippen LogP contribution in [0.3, 0.4) is 0 Å². The molecule has 0 fully saturated rings. The molecule has 0 atom stereocenters. The number of fused-ring (bicyclic) bond motifs is 7. The van der Waals surface area contributed by atoms with Gasteiger partial charge in [0.05, 0.1) is 21.7 Å². The lowest BCUT2D eigenvalue weighted by Crippen LogP contribution is -1.96. The second-order valence-electron chi connectivity index (χ2n) is 14.5. The van der Waals surface area contributed by atoms with Crippen LogP contribution in [-0.2, 0) is 0 Å². The fourth-order valence-corrected chi connectivity index (χ4v) is 8.71. The SMILES string of the molecule is Oc1c(O)c(-c2ccccc2)c(-c2ccccc2)c(O)c1-c1c2ccccc2c(-c2c(O)c(O)c(O)c3oc4c5c(O)c(O)c(O)c(O)c5c(O)c(O)c4c23)c2ccccc12. The first-order valence-electron chi connectivity index (χ1n) is 18.6. The average molecular weight is 815 g/mol. The predicted octanol–water partition coefficient (Wildman–Crippen LogP) is 10.2. The molecule has 1 heterocycles. The second-order valence-corrected chi connectivity index (χ2v) is 14.5. The fraction of sp³-hybridized carbons (Fsp3) is 0. The Morgan fingerprint density at radius 3 is 1.08 bits per heavy atom. The summed E-state index contributed by atoms with van der Waals surface area (Å²) in [6, 6.07) is 30.9. The molecule has 0 saturated carbocycles. The molecule has 10 rings (SSSR count). The van der Waals surface area contributed by atoms with E-state index in [2.05, 4.69) is 0 Å². The molecule has 9 aromatic carbocycles. The Balaban J connectivity index is 1.40. The Hall–Kier alpha value is -8.84. The third-order valence-corrected chi connectivity index (χ3v) is 11.4. The monoisotopic (exact) mass is 814 g/mol. The van der Waals surface area contributed by atoms with Gasteiger partial charge >= 0.3 is 0 Å². The number of rotatable bonds is 4. The average Bonchev–Trinajstić information content (AvgIpc) is 3.68. The number of furan rings is 1. The van der Waals surface area contributed by atoms with Gasteiger partial charge in [0.2, 0.25) is 23.0 Å². The van der Waals surface area contributed by atoms with E-state index in [1.54, 1.807) is 109 Å². The Labute approximate surface area is 341 Å². The number of benzene rings is 9. The zero-order chi connectivity index (χ0) is 42.8. The van der Waals surface area contributed by atoms with Gasteiger partial charge in [-0.3, -0.25) is 0 Å². The summed E-state index contributed by atoms with van der Waals surface area (Å²) in [6.45, 7) is 0. The number of hydrogen-bond donors (Lipinski definition) is 12. The van der Waals surface area contributed by atoms with Gasteiger partial charge in [-0.05, 0) is 32.7 Å². The second kappa shape index (κ2) is 12.8. The smallest absolute Gasteiger partial charge is 0.205 e. The molecule has 0 unspecified atom stereocenters. The van der Waals surface area contributed by atoms with Crippen LogP contribution in [0.15, 0.2) is 114 Å². The van der Waals surface area contributed by atoms with Gasteiger partial charge in [-0.25, -0.2) is 0 Å². The van der Waals surface area contributed by atoms with E-state index in [0.717, 1.165) is 0 Å². The normalized spacial score (nSPS) is 11.7. The van der Waals surface area contributed by atoms with E-state index in [0.29, 0.717) is 32.7 Å². The molecule has 0 spiro atoms. The third kappa shape index (κ3) is 4.76. The van der Waals surface area contributed by atoms with Crippen molar-refractivity contribution in [1.29, 1.82) is 0 Å². The largest absolute Gasteiger partial charge is 0.506 e. The molecule has 0 amide bonds. The minimum atomic E-state index is -1.22. The van der Waals surface area contributed by atoms with E-state index >= 15 is 0 Å². The molecule has 10 aromatic rings. The van der Waals surface area contributed by atoms with Crippen LogP contribution in [0.5, 0.6) is 69.0 Å². The van der Waals surface area contributed by atoms with Gasteiger partial charge in [0, 0.05) is 33.2 Å². The summed E-state index contributed by atoms with van der Waals surface area (Å²) in [4.78, 5) is 0. The molecule has 0 aliphatic rings. The van der Waals surface area contributed by atoms with Gasteiger partial charge in [0.15, 0.2) is 51.4 Å². The number of aromatic hydroxyl groups is 12. The lowest BCUT2D eigenvalue weighted by Gasteiger charge is -2.23. The molecule has 300 valence electrons. The van der Waals surface area contributed by atoms with Crippen LogP contribution < -0.4 is 0 Å². The molecular formula is C48H30O13. The minimum Gasteiger partial charge on any atom is -0.506 e. The topological polar surface area (TPSA) is 256 Å². The van der Waals surface area contributed by atoms with Crippen molar-refractivity contribution in [3.63, 3.8) is 0 Å². The molecule has 13 nitrogen and oxygen atoms in total. The van der Waals surface area contributed by atoms with Gasteiger partial charge in [-0.15, -0.1) is 0 Å². The lowest BCUT2D eigenvalue weighted by atomic mass is 9.82. The first-order valence-corrected chi connectivity index (χ1v) is 18.6. The van der Waals surface area contributed by atoms with E-state index in [1.807, 2.05) is 0 Å².